The number of nitrogens with zero attached hydrogens (tertiary/aromatic N) is 3. The molecule has 2 aromatic rings. The van der Waals surface area contributed by atoms with Crippen molar-refractivity contribution in [2.24, 2.45) is 5.10 Å². The van der Waals surface area contributed by atoms with E-state index in [9.17, 15) is 4.79 Å². The zero-order valence-corrected chi connectivity index (χ0v) is 11.6. The van der Waals surface area contributed by atoms with E-state index in [-0.39, 0.29) is 0 Å². The van der Waals surface area contributed by atoms with Crippen molar-refractivity contribution in [1.29, 1.82) is 0 Å². The topological polar surface area (TPSA) is 68.5 Å². The molecule has 1 heterocycles. The van der Waals surface area contributed by atoms with E-state index >= 15 is 0 Å². The third-order valence-corrected chi connectivity index (χ3v) is 2.88. The second-order valence-corrected chi connectivity index (χ2v) is 4.19. The van der Waals surface area contributed by atoms with Crippen molar-refractivity contribution in [2.75, 3.05) is 7.11 Å². The maximum absolute atomic E-state index is 10.9. The van der Waals surface area contributed by atoms with Crippen molar-refractivity contribution in [1.82, 2.24) is 15.2 Å². The fourth-order valence-corrected chi connectivity index (χ4v) is 1.86. The van der Waals surface area contributed by atoms with Crippen LogP contribution in [0.4, 0.5) is 4.79 Å². The number of benzene rings is 1. The predicted molar refractivity (Wildman–Crippen MR) is 76.2 cm³/mol. The molecule has 6 nitrogen and oxygen atoms in total. The average molecular weight is 272 g/mol. The van der Waals surface area contributed by atoms with E-state index in [4.69, 9.17) is 0 Å². The predicted octanol–water partition coefficient (Wildman–Crippen LogP) is 2.18. The van der Waals surface area contributed by atoms with Crippen LogP contribution in [0.15, 0.2) is 35.4 Å². The molecule has 0 saturated heterocycles. The molecule has 6 heteroatoms. The molecule has 0 bridgehead atoms. The van der Waals surface area contributed by atoms with Gasteiger partial charge < -0.3 is 4.74 Å². The van der Waals surface area contributed by atoms with E-state index in [1.54, 1.807) is 6.21 Å². The number of methoxy groups -OCH3 is 1. The number of ether oxygens (including phenoxy) is 1. The number of amides is 1. The molecule has 0 radical (unpaired) electrons. The smallest absolute Gasteiger partial charge is 0.427 e. The van der Waals surface area contributed by atoms with Gasteiger partial charge in [0.2, 0.25) is 0 Å². The van der Waals surface area contributed by atoms with Gasteiger partial charge in [-0.2, -0.15) is 10.2 Å². The summed E-state index contributed by atoms with van der Waals surface area (Å²) >= 11 is 0. The molecule has 1 amide bonds. The summed E-state index contributed by atoms with van der Waals surface area (Å²) in [7, 11) is 1.29. The highest BCUT2D eigenvalue weighted by molar-refractivity contribution is 5.83. The first-order valence-corrected chi connectivity index (χ1v) is 6.12. The summed E-state index contributed by atoms with van der Waals surface area (Å²) in [5.41, 5.74) is 5.88. The Hall–Kier alpha value is -2.63. The Bertz CT molecular complexity index is 632. The lowest BCUT2D eigenvalue weighted by atomic mass is 10.2. The van der Waals surface area contributed by atoms with Crippen LogP contribution in [-0.2, 0) is 4.74 Å². The van der Waals surface area contributed by atoms with Crippen LogP contribution in [0.3, 0.4) is 0 Å². The van der Waals surface area contributed by atoms with Gasteiger partial charge in [0, 0.05) is 5.56 Å². The summed E-state index contributed by atoms with van der Waals surface area (Å²) in [4.78, 5) is 10.9. The fraction of sp³-hybridized carbons (Fsp3) is 0.214. The van der Waals surface area contributed by atoms with Gasteiger partial charge in [-0.25, -0.2) is 14.9 Å². The number of carbonyl (C=O) groups is 1. The van der Waals surface area contributed by atoms with Crippen molar-refractivity contribution in [3.8, 4) is 5.69 Å². The van der Waals surface area contributed by atoms with Gasteiger partial charge in [0.05, 0.1) is 30.4 Å². The number of rotatable bonds is 3. The molecular formula is C14H16N4O2. The average Bonchev–Trinajstić information content (AvgIpc) is 2.75. The minimum absolute atomic E-state index is 0.605. The lowest BCUT2D eigenvalue weighted by molar-refractivity contribution is 0.171. The molecule has 20 heavy (non-hydrogen) atoms. The zero-order chi connectivity index (χ0) is 14.5. The first-order chi connectivity index (χ1) is 9.63. The van der Waals surface area contributed by atoms with E-state index in [0.717, 1.165) is 22.6 Å². The highest BCUT2D eigenvalue weighted by Gasteiger charge is 2.10. The standard InChI is InChI=1S/C14H16N4O2/c1-10-13(9-15-16-14(19)20-3)11(2)18(17-10)12-7-5-4-6-8-12/h4-9H,1-3H3,(H,16,19)/b15-9-. The molecule has 0 aliphatic rings. The van der Waals surface area contributed by atoms with Crippen molar-refractivity contribution in [2.45, 2.75) is 13.8 Å². The van der Waals surface area contributed by atoms with Gasteiger partial charge in [0.15, 0.2) is 0 Å². The van der Waals surface area contributed by atoms with Gasteiger partial charge in [-0.1, -0.05) is 18.2 Å². The van der Waals surface area contributed by atoms with Gasteiger partial charge in [-0.05, 0) is 26.0 Å². The van der Waals surface area contributed by atoms with Gasteiger partial charge >= 0.3 is 6.09 Å². The summed E-state index contributed by atoms with van der Waals surface area (Å²) in [5.74, 6) is 0. The van der Waals surface area contributed by atoms with Crippen molar-refractivity contribution in [3.05, 3.63) is 47.3 Å². The van der Waals surface area contributed by atoms with E-state index in [1.165, 1.54) is 7.11 Å². The van der Waals surface area contributed by atoms with Crippen LogP contribution in [0.2, 0.25) is 0 Å². The number of hydrazone groups is 1. The maximum Gasteiger partial charge on any atom is 0.427 e. The summed E-state index contributed by atoms with van der Waals surface area (Å²) in [6, 6.07) is 9.83. The quantitative estimate of drug-likeness (QED) is 0.687. The van der Waals surface area contributed by atoms with Gasteiger partial charge in [0.25, 0.3) is 0 Å². The molecule has 0 aliphatic heterocycles. The molecule has 0 saturated carbocycles. The number of carbonyl (C=O) groups excluding carboxylic acids is 1. The molecule has 104 valence electrons. The van der Waals surface area contributed by atoms with Crippen molar-refractivity contribution >= 4 is 12.3 Å². The van der Waals surface area contributed by atoms with E-state index in [2.05, 4.69) is 20.4 Å². The lowest BCUT2D eigenvalue weighted by Crippen LogP contribution is -2.16. The minimum Gasteiger partial charge on any atom is -0.452 e. The van der Waals surface area contributed by atoms with Crippen LogP contribution in [-0.4, -0.2) is 29.2 Å². The van der Waals surface area contributed by atoms with E-state index < -0.39 is 6.09 Å². The molecule has 1 aromatic heterocycles. The van der Waals surface area contributed by atoms with Crippen LogP contribution in [0.1, 0.15) is 17.0 Å². The van der Waals surface area contributed by atoms with Crippen molar-refractivity contribution in [3.63, 3.8) is 0 Å². The second kappa shape index (κ2) is 6.01. The van der Waals surface area contributed by atoms with E-state index in [0.29, 0.717) is 0 Å². The molecule has 1 N–H and O–H groups in total. The first-order valence-electron chi connectivity index (χ1n) is 6.12. The molecule has 2 rings (SSSR count). The SMILES string of the molecule is COC(=O)N/N=C\c1c(C)nn(-c2ccccc2)c1C. The van der Waals surface area contributed by atoms with E-state index in [1.807, 2.05) is 48.9 Å². The normalized spacial score (nSPS) is 10.8. The highest BCUT2D eigenvalue weighted by Crippen LogP contribution is 2.15. The fourth-order valence-electron chi connectivity index (χ4n) is 1.86. The number of hydrogen-bond acceptors (Lipinski definition) is 4. The monoisotopic (exact) mass is 272 g/mol. The highest BCUT2D eigenvalue weighted by atomic mass is 16.5. The molecule has 0 fully saturated rings. The Kier molecular flexibility index (Phi) is 4.14. The maximum atomic E-state index is 10.9. The van der Waals surface area contributed by atoms with Crippen LogP contribution in [0.5, 0.6) is 0 Å². The largest absolute Gasteiger partial charge is 0.452 e. The summed E-state index contributed by atoms with van der Waals surface area (Å²) < 4.78 is 6.28. The van der Waals surface area contributed by atoms with Crippen LogP contribution < -0.4 is 5.43 Å². The Morgan fingerprint density at radius 1 is 1.35 bits per heavy atom. The number of aryl methyl sites for hydroxylation is 1. The molecule has 0 unspecified atom stereocenters. The Balaban J connectivity index is 2.28. The molecular weight excluding hydrogens is 256 g/mol. The number of nitrogens with one attached hydrogen (secondary N) is 1. The van der Waals surface area contributed by atoms with Crippen LogP contribution in [0.25, 0.3) is 5.69 Å². The summed E-state index contributed by atoms with van der Waals surface area (Å²) in [5, 5.41) is 8.32. The first kappa shape index (κ1) is 13.8. The van der Waals surface area contributed by atoms with Crippen LogP contribution >= 0.6 is 0 Å². The minimum atomic E-state index is -0.605. The van der Waals surface area contributed by atoms with Crippen LogP contribution in [0, 0.1) is 13.8 Å². The number of aromatic nitrogens is 2. The molecule has 0 atom stereocenters. The van der Waals surface area contributed by atoms with Gasteiger partial charge in [-0.15, -0.1) is 0 Å². The van der Waals surface area contributed by atoms with Gasteiger partial charge in [-0.3, -0.25) is 0 Å². The number of hydrogen-bond donors (Lipinski definition) is 1. The number of para-hydroxylation sites is 1. The lowest BCUT2D eigenvalue weighted by Gasteiger charge is -2.03. The second-order valence-electron chi connectivity index (χ2n) is 4.19. The van der Waals surface area contributed by atoms with Crippen molar-refractivity contribution < 1.29 is 9.53 Å². The Morgan fingerprint density at radius 2 is 2.05 bits per heavy atom. The Morgan fingerprint density at radius 3 is 2.70 bits per heavy atom. The summed E-state index contributed by atoms with van der Waals surface area (Å²) in [6.45, 7) is 3.85. The zero-order valence-electron chi connectivity index (χ0n) is 11.6. The summed E-state index contributed by atoms with van der Waals surface area (Å²) in [6.07, 6.45) is 0.959. The van der Waals surface area contributed by atoms with Gasteiger partial charge in [0.1, 0.15) is 0 Å². The molecule has 0 aliphatic carbocycles. The third kappa shape index (κ3) is 2.85. The molecule has 1 aromatic carbocycles. The third-order valence-electron chi connectivity index (χ3n) is 2.88. The Labute approximate surface area is 117 Å². The molecule has 0 spiro atoms.